The fourth-order valence-electron chi connectivity index (χ4n) is 1.50. The van der Waals surface area contributed by atoms with Gasteiger partial charge in [0.2, 0.25) is 0 Å². The molecule has 80 valence electrons. The largest absolute Gasteiger partial charge is 0.222 e. The summed E-state index contributed by atoms with van der Waals surface area (Å²) >= 11 is 7.79. The Bertz CT molecular complexity index is 479. The van der Waals surface area contributed by atoms with E-state index in [9.17, 15) is 0 Å². The van der Waals surface area contributed by atoms with Crippen molar-refractivity contribution in [3.05, 3.63) is 21.9 Å². The van der Waals surface area contributed by atoms with E-state index in [1.54, 1.807) is 11.3 Å². The number of unbranched alkanes of at least 4 members (excludes halogenated alkanes) is 1. The molecule has 0 saturated carbocycles. The van der Waals surface area contributed by atoms with Gasteiger partial charge in [0.15, 0.2) is 0 Å². The lowest BCUT2D eigenvalue weighted by Gasteiger charge is -1.99. The van der Waals surface area contributed by atoms with Crippen LogP contribution in [0.2, 0.25) is 5.15 Å². The Labute approximate surface area is 98.3 Å². The SMILES string of the molecule is CCCCc1nc(Cl)c2cc(C)sc2n1. The van der Waals surface area contributed by atoms with Crippen LogP contribution in [0.3, 0.4) is 0 Å². The van der Waals surface area contributed by atoms with Crippen LogP contribution in [-0.2, 0) is 6.42 Å². The van der Waals surface area contributed by atoms with Crippen molar-refractivity contribution in [2.75, 3.05) is 0 Å². The lowest BCUT2D eigenvalue weighted by molar-refractivity contribution is 0.757. The molecule has 0 radical (unpaired) electrons. The molecule has 2 rings (SSSR count). The number of rotatable bonds is 3. The topological polar surface area (TPSA) is 25.8 Å². The molecule has 0 saturated heterocycles. The third-order valence-corrected chi connectivity index (χ3v) is 3.50. The molecule has 0 aliphatic rings. The van der Waals surface area contributed by atoms with Gasteiger partial charge in [0, 0.05) is 16.7 Å². The minimum absolute atomic E-state index is 0.593. The van der Waals surface area contributed by atoms with Crippen molar-refractivity contribution in [3.8, 4) is 0 Å². The minimum atomic E-state index is 0.593. The quantitative estimate of drug-likeness (QED) is 0.758. The molecule has 0 spiro atoms. The van der Waals surface area contributed by atoms with Crippen LogP contribution in [0.1, 0.15) is 30.5 Å². The minimum Gasteiger partial charge on any atom is -0.222 e. The van der Waals surface area contributed by atoms with Crippen molar-refractivity contribution in [1.82, 2.24) is 9.97 Å². The second-order valence-electron chi connectivity index (χ2n) is 3.61. The molecule has 0 bridgehead atoms. The van der Waals surface area contributed by atoms with Gasteiger partial charge in [-0.25, -0.2) is 9.97 Å². The van der Waals surface area contributed by atoms with Crippen LogP contribution >= 0.6 is 22.9 Å². The Kier molecular flexibility index (Phi) is 3.22. The summed E-state index contributed by atoms with van der Waals surface area (Å²) in [4.78, 5) is 11.1. The standard InChI is InChI=1S/C11H13ClN2S/c1-3-4-5-9-13-10(12)8-6-7(2)15-11(8)14-9/h6H,3-5H2,1-2H3. The van der Waals surface area contributed by atoms with Crippen molar-refractivity contribution < 1.29 is 0 Å². The van der Waals surface area contributed by atoms with E-state index in [2.05, 4.69) is 23.8 Å². The highest BCUT2D eigenvalue weighted by Crippen LogP contribution is 2.28. The molecule has 0 atom stereocenters. The maximum absolute atomic E-state index is 6.11. The maximum Gasteiger partial charge on any atom is 0.141 e. The molecule has 0 fully saturated rings. The number of thiophene rings is 1. The third kappa shape index (κ3) is 2.29. The highest BCUT2D eigenvalue weighted by atomic mass is 35.5. The summed E-state index contributed by atoms with van der Waals surface area (Å²) < 4.78 is 0. The zero-order chi connectivity index (χ0) is 10.8. The van der Waals surface area contributed by atoms with Gasteiger partial charge in [-0.15, -0.1) is 11.3 Å². The van der Waals surface area contributed by atoms with Crippen LogP contribution in [0.25, 0.3) is 10.2 Å². The molecule has 0 aromatic carbocycles. The van der Waals surface area contributed by atoms with Crippen molar-refractivity contribution in [3.63, 3.8) is 0 Å². The van der Waals surface area contributed by atoms with E-state index in [0.717, 1.165) is 35.3 Å². The summed E-state index contributed by atoms with van der Waals surface area (Å²) in [5, 5.41) is 1.58. The molecule has 2 aromatic heterocycles. The summed E-state index contributed by atoms with van der Waals surface area (Å²) in [6.07, 6.45) is 3.19. The highest BCUT2D eigenvalue weighted by Gasteiger charge is 2.08. The molecule has 0 aliphatic heterocycles. The number of hydrogen-bond donors (Lipinski definition) is 0. The first-order chi connectivity index (χ1) is 7.20. The van der Waals surface area contributed by atoms with Crippen LogP contribution < -0.4 is 0 Å². The van der Waals surface area contributed by atoms with Crippen LogP contribution in [0.5, 0.6) is 0 Å². The van der Waals surface area contributed by atoms with Crippen LogP contribution in [-0.4, -0.2) is 9.97 Å². The molecule has 2 nitrogen and oxygen atoms in total. The van der Waals surface area contributed by atoms with Gasteiger partial charge < -0.3 is 0 Å². The number of aromatic nitrogens is 2. The van der Waals surface area contributed by atoms with Gasteiger partial charge in [-0.2, -0.15) is 0 Å². The smallest absolute Gasteiger partial charge is 0.141 e. The van der Waals surface area contributed by atoms with Crippen LogP contribution in [0.15, 0.2) is 6.07 Å². The summed E-state index contributed by atoms with van der Waals surface area (Å²) in [6.45, 7) is 4.23. The molecule has 2 heterocycles. The molecule has 0 amide bonds. The summed E-state index contributed by atoms with van der Waals surface area (Å²) in [6, 6.07) is 2.05. The first kappa shape index (κ1) is 10.8. The molecular weight excluding hydrogens is 228 g/mol. The summed E-state index contributed by atoms with van der Waals surface area (Å²) in [7, 11) is 0. The summed E-state index contributed by atoms with van der Waals surface area (Å²) in [5.74, 6) is 0.871. The Morgan fingerprint density at radius 1 is 1.40 bits per heavy atom. The van der Waals surface area contributed by atoms with E-state index in [4.69, 9.17) is 11.6 Å². The van der Waals surface area contributed by atoms with E-state index >= 15 is 0 Å². The first-order valence-electron chi connectivity index (χ1n) is 5.13. The zero-order valence-electron chi connectivity index (χ0n) is 8.88. The second kappa shape index (κ2) is 4.45. The number of fused-ring (bicyclic) bond motifs is 1. The van der Waals surface area contributed by atoms with E-state index in [1.807, 2.05) is 6.07 Å². The number of hydrogen-bond acceptors (Lipinski definition) is 3. The maximum atomic E-state index is 6.11. The van der Waals surface area contributed by atoms with Gasteiger partial charge >= 0.3 is 0 Å². The molecule has 0 unspecified atom stereocenters. The normalized spacial score (nSPS) is 11.1. The van der Waals surface area contributed by atoms with Gasteiger partial charge in [-0.05, 0) is 19.4 Å². The average molecular weight is 241 g/mol. The second-order valence-corrected chi connectivity index (χ2v) is 5.20. The van der Waals surface area contributed by atoms with Gasteiger partial charge in [-0.3, -0.25) is 0 Å². The summed E-state index contributed by atoms with van der Waals surface area (Å²) in [5.41, 5.74) is 0. The van der Waals surface area contributed by atoms with Gasteiger partial charge in [0.25, 0.3) is 0 Å². The monoisotopic (exact) mass is 240 g/mol. The molecule has 2 aromatic rings. The van der Waals surface area contributed by atoms with Gasteiger partial charge in [-0.1, -0.05) is 24.9 Å². The Hall–Kier alpha value is -0.670. The van der Waals surface area contributed by atoms with Crippen molar-refractivity contribution in [2.24, 2.45) is 0 Å². The van der Waals surface area contributed by atoms with E-state index in [0.29, 0.717) is 5.15 Å². The lowest BCUT2D eigenvalue weighted by atomic mass is 10.2. The highest BCUT2D eigenvalue weighted by molar-refractivity contribution is 7.18. The van der Waals surface area contributed by atoms with Crippen LogP contribution in [0, 0.1) is 6.92 Å². The fraction of sp³-hybridized carbons (Fsp3) is 0.455. The Balaban J connectivity index is 2.42. The Morgan fingerprint density at radius 3 is 2.93 bits per heavy atom. The van der Waals surface area contributed by atoms with E-state index in [-0.39, 0.29) is 0 Å². The predicted molar refractivity (Wildman–Crippen MR) is 65.8 cm³/mol. The van der Waals surface area contributed by atoms with Crippen molar-refractivity contribution in [2.45, 2.75) is 33.1 Å². The lowest BCUT2D eigenvalue weighted by Crippen LogP contribution is -1.94. The van der Waals surface area contributed by atoms with Gasteiger partial charge in [0.1, 0.15) is 15.8 Å². The van der Waals surface area contributed by atoms with Crippen molar-refractivity contribution in [1.29, 1.82) is 0 Å². The fourth-order valence-corrected chi connectivity index (χ4v) is 2.69. The molecular formula is C11H13ClN2S. The average Bonchev–Trinajstić information content (AvgIpc) is 2.56. The van der Waals surface area contributed by atoms with Gasteiger partial charge in [0.05, 0.1) is 0 Å². The number of nitrogens with zero attached hydrogens (tertiary/aromatic N) is 2. The van der Waals surface area contributed by atoms with E-state index < -0.39 is 0 Å². The van der Waals surface area contributed by atoms with E-state index in [1.165, 1.54) is 4.88 Å². The predicted octanol–water partition coefficient (Wildman–Crippen LogP) is 4.00. The zero-order valence-corrected chi connectivity index (χ0v) is 10.5. The molecule has 0 aliphatic carbocycles. The number of aryl methyl sites for hydroxylation is 2. The van der Waals surface area contributed by atoms with Crippen LogP contribution in [0.4, 0.5) is 0 Å². The molecule has 15 heavy (non-hydrogen) atoms. The number of halogens is 1. The third-order valence-electron chi connectivity index (χ3n) is 2.27. The Morgan fingerprint density at radius 2 is 2.20 bits per heavy atom. The molecule has 4 heteroatoms. The van der Waals surface area contributed by atoms with Crippen molar-refractivity contribution >= 4 is 33.2 Å². The molecule has 0 N–H and O–H groups in total. The first-order valence-corrected chi connectivity index (χ1v) is 6.32.